The minimum atomic E-state index is 0.558. The second kappa shape index (κ2) is 9.11. The Bertz CT molecular complexity index is 2500. The van der Waals surface area contributed by atoms with Gasteiger partial charge in [-0.1, -0.05) is 66.7 Å². The molecular weight excluding hydrogens is 596 g/mol. The zero-order chi connectivity index (χ0) is 28.7. The molecule has 204 valence electrons. The van der Waals surface area contributed by atoms with Crippen LogP contribution in [0.5, 0.6) is 0 Å². The van der Waals surface area contributed by atoms with Crippen LogP contribution >= 0.6 is 15.9 Å². The zero-order valence-electron chi connectivity index (χ0n) is 23.1. The molecule has 4 aromatic heterocycles. The summed E-state index contributed by atoms with van der Waals surface area (Å²) in [5.41, 5.74) is 11.2. The average molecular weight is 620 g/mol. The van der Waals surface area contributed by atoms with Crippen LogP contribution in [0.2, 0.25) is 0 Å². The fraction of sp³-hybridized carbons (Fsp3) is 0.0278. The van der Waals surface area contributed by atoms with Crippen molar-refractivity contribution in [2.24, 2.45) is 0 Å². The monoisotopic (exact) mass is 618 g/mol. The van der Waals surface area contributed by atoms with Crippen LogP contribution in [0.4, 0.5) is 0 Å². The van der Waals surface area contributed by atoms with Crippen molar-refractivity contribution in [3.63, 3.8) is 0 Å². The third-order valence-corrected chi connectivity index (χ3v) is 8.59. The van der Waals surface area contributed by atoms with Gasteiger partial charge in [-0.05, 0) is 77.5 Å². The second-order valence-corrected chi connectivity index (χ2v) is 11.5. The maximum atomic E-state index is 5.19. The SMILES string of the molecule is Cc1cc(-c2c3c(cc4c2n(-c2ccccc2)c2nc5ccccc5n42)c2ccccc2n3-c2ccccc2)nc(Br)n1. The highest BCUT2D eigenvalue weighted by atomic mass is 79.9. The van der Waals surface area contributed by atoms with E-state index in [9.17, 15) is 0 Å². The van der Waals surface area contributed by atoms with E-state index in [0.717, 1.165) is 72.6 Å². The van der Waals surface area contributed by atoms with Crippen LogP contribution in [-0.4, -0.2) is 28.5 Å². The van der Waals surface area contributed by atoms with Gasteiger partial charge in [-0.25, -0.2) is 15.0 Å². The highest BCUT2D eigenvalue weighted by molar-refractivity contribution is 9.10. The van der Waals surface area contributed by atoms with Gasteiger partial charge >= 0.3 is 0 Å². The van der Waals surface area contributed by atoms with Crippen LogP contribution in [0.1, 0.15) is 5.69 Å². The second-order valence-electron chi connectivity index (χ2n) is 10.8. The van der Waals surface area contributed by atoms with E-state index in [4.69, 9.17) is 9.97 Å². The largest absolute Gasteiger partial charge is 0.308 e. The molecule has 43 heavy (non-hydrogen) atoms. The molecule has 0 spiro atoms. The lowest BCUT2D eigenvalue weighted by molar-refractivity contribution is 1.06. The van der Waals surface area contributed by atoms with E-state index in [1.54, 1.807) is 0 Å². The van der Waals surface area contributed by atoms with Crippen molar-refractivity contribution in [3.05, 3.63) is 132 Å². The number of hydrogen-bond acceptors (Lipinski definition) is 3. The first kappa shape index (κ1) is 24.3. The molecule has 5 aromatic carbocycles. The van der Waals surface area contributed by atoms with Crippen LogP contribution in [-0.2, 0) is 0 Å². The number of aryl methyl sites for hydroxylation is 1. The van der Waals surface area contributed by atoms with E-state index in [2.05, 4.69) is 144 Å². The Kier molecular flexibility index (Phi) is 5.16. The number of nitrogens with zero attached hydrogens (tertiary/aromatic N) is 6. The molecule has 0 bridgehead atoms. The molecule has 9 aromatic rings. The third kappa shape index (κ3) is 3.49. The summed E-state index contributed by atoms with van der Waals surface area (Å²) in [7, 11) is 0. The maximum absolute atomic E-state index is 5.19. The van der Waals surface area contributed by atoms with E-state index in [1.807, 2.05) is 19.1 Å². The first-order valence-electron chi connectivity index (χ1n) is 14.2. The molecule has 0 atom stereocenters. The summed E-state index contributed by atoms with van der Waals surface area (Å²) in [4.78, 5) is 14.8. The van der Waals surface area contributed by atoms with Crippen molar-refractivity contribution >= 4 is 65.6 Å². The Labute approximate surface area is 254 Å². The lowest BCUT2D eigenvalue weighted by Crippen LogP contribution is -2.01. The maximum Gasteiger partial charge on any atom is 0.220 e. The molecule has 7 heteroatoms. The first-order valence-corrected chi connectivity index (χ1v) is 15.0. The highest BCUT2D eigenvalue weighted by Crippen LogP contribution is 2.44. The third-order valence-electron chi connectivity index (χ3n) is 8.23. The van der Waals surface area contributed by atoms with E-state index < -0.39 is 0 Å². The van der Waals surface area contributed by atoms with E-state index in [1.165, 1.54) is 5.39 Å². The number of imidazole rings is 2. The molecular formula is C36H23BrN6. The lowest BCUT2D eigenvalue weighted by Gasteiger charge is -2.15. The fourth-order valence-electron chi connectivity index (χ4n) is 6.57. The average Bonchev–Trinajstić information content (AvgIpc) is 3.67. The normalized spacial score (nSPS) is 12.0. The number of rotatable bonds is 3. The molecule has 6 nitrogen and oxygen atoms in total. The summed E-state index contributed by atoms with van der Waals surface area (Å²) < 4.78 is 7.50. The Morgan fingerprint density at radius 1 is 0.558 bits per heavy atom. The van der Waals surface area contributed by atoms with Gasteiger partial charge < -0.3 is 4.57 Å². The standard InChI is InChI=1S/C36H23BrN6/c1-22-20-28(39-35(37)38-22)32-33-26(25-16-8-10-18-29(25)41(33)23-12-4-2-5-13-23)21-31-34(32)42(24-14-6-3-7-15-24)36-40-27-17-9-11-19-30(27)43(31)36/h2-21H,1H3. The molecule has 0 saturated heterocycles. The van der Waals surface area contributed by atoms with E-state index >= 15 is 0 Å². The molecule has 0 aliphatic carbocycles. The van der Waals surface area contributed by atoms with Crippen molar-refractivity contribution < 1.29 is 0 Å². The van der Waals surface area contributed by atoms with Gasteiger partial charge in [-0.3, -0.25) is 8.97 Å². The summed E-state index contributed by atoms with van der Waals surface area (Å²) in [6, 6.07) is 42.4. The predicted octanol–water partition coefficient (Wildman–Crippen LogP) is 9.06. The van der Waals surface area contributed by atoms with Crippen molar-refractivity contribution in [2.45, 2.75) is 6.92 Å². The molecule has 0 unspecified atom stereocenters. The summed E-state index contributed by atoms with van der Waals surface area (Å²) in [6.07, 6.45) is 0. The van der Waals surface area contributed by atoms with Gasteiger partial charge in [0, 0.05) is 27.8 Å². The van der Waals surface area contributed by atoms with Crippen LogP contribution in [0.15, 0.2) is 126 Å². The lowest BCUT2D eigenvalue weighted by atomic mass is 10.0. The molecule has 0 saturated carbocycles. The quantitative estimate of drug-likeness (QED) is 0.186. The van der Waals surface area contributed by atoms with Crippen molar-refractivity contribution in [2.75, 3.05) is 0 Å². The van der Waals surface area contributed by atoms with Crippen LogP contribution in [0, 0.1) is 6.92 Å². The Hall–Kier alpha value is -5.27. The Balaban J connectivity index is 1.63. The number of para-hydroxylation sites is 5. The molecule has 0 aliphatic rings. The smallest absolute Gasteiger partial charge is 0.220 e. The minimum Gasteiger partial charge on any atom is -0.308 e. The summed E-state index contributed by atoms with van der Waals surface area (Å²) >= 11 is 3.61. The van der Waals surface area contributed by atoms with Crippen LogP contribution < -0.4 is 0 Å². The van der Waals surface area contributed by atoms with Gasteiger partial charge in [-0.2, -0.15) is 0 Å². The van der Waals surface area contributed by atoms with E-state index in [0.29, 0.717) is 4.73 Å². The Morgan fingerprint density at radius 2 is 1.21 bits per heavy atom. The molecule has 9 rings (SSSR count). The first-order chi connectivity index (χ1) is 21.2. The molecule has 0 fully saturated rings. The summed E-state index contributed by atoms with van der Waals surface area (Å²) in [6.45, 7) is 2.01. The van der Waals surface area contributed by atoms with Gasteiger partial charge in [-0.15, -0.1) is 0 Å². The molecule has 0 aliphatic heterocycles. The fourth-order valence-corrected chi connectivity index (χ4v) is 7.04. The highest BCUT2D eigenvalue weighted by Gasteiger charge is 2.27. The number of benzene rings is 5. The van der Waals surface area contributed by atoms with E-state index in [-0.39, 0.29) is 0 Å². The zero-order valence-corrected chi connectivity index (χ0v) is 24.7. The van der Waals surface area contributed by atoms with Crippen molar-refractivity contribution in [1.29, 1.82) is 0 Å². The van der Waals surface area contributed by atoms with Crippen molar-refractivity contribution in [3.8, 4) is 22.6 Å². The van der Waals surface area contributed by atoms with Gasteiger partial charge in [0.1, 0.15) is 0 Å². The van der Waals surface area contributed by atoms with Gasteiger partial charge in [0.2, 0.25) is 5.78 Å². The number of fused-ring (bicyclic) bond motifs is 8. The molecule has 0 N–H and O–H groups in total. The van der Waals surface area contributed by atoms with Gasteiger partial charge in [0.25, 0.3) is 0 Å². The predicted molar refractivity (Wildman–Crippen MR) is 177 cm³/mol. The summed E-state index contributed by atoms with van der Waals surface area (Å²) in [5.74, 6) is 0.858. The Morgan fingerprint density at radius 3 is 1.95 bits per heavy atom. The molecule has 0 radical (unpaired) electrons. The molecule has 4 heterocycles. The van der Waals surface area contributed by atoms with Crippen LogP contribution in [0.3, 0.4) is 0 Å². The summed E-state index contributed by atoms with van der Waals surface area (Å²) in [5, 5.41) is 2.33. The number of halogens is 1. The van der Waals surface area contributed by atoms with Crippen molar-refractivity contribution in [1.82, 2.24) is 28.5 Å². The van der Waals surface area contributed by atoms with Gasteiger partial charge in [0.15, 0.2) is 4.73 Å². The number of aromatic nitrogens is 6. The minimum absolute atomic E-state index is 0.558. The topological polar surface area (TPSA) is 52.9 Å². The van der Waals surface area contributed by atoms with Gasteiger partial charge in [0.05, 0.1) is 44.4 Å². The van der Waals surface area contributed by atoms with Crippen LogP contribution in [0.25, 0.3) is 72.3 Å². The number of hydrogen-bond donors (Lipinski definition) is 0. The molecule has 0 amide bonds.